The molecule has 0 aliphatic heterocycles. The molecular weight excluding hydrogens is 320 g/mol. The average Bonchev–Trinajstić information content (AvgIpc) is 2.45. The first kappa shape index (κ1) is 19.2. The zero-order valence-corrected chi connectivity index (χ0v) is 13.9. The van der Waals surface area contributed by atoms with E-state index in [0.29, 0.717) is 5.56 Å². The van der Waals surface area contributed by atoms with Crippen LogP contribution < -0.4 is 5.32 Å². The Morgan fingerprint density at radius 2 is 2.00 bits per heavy atom. The fraction of sp³-hybridized carbons (Fsp3) is 0.467. The second kappa shape index (κ2) is 7.62. The molecule has 9 nitrogen and oxygen atoms in total. The van der Waals surface area contributed by atoms with Gasteiger partial charge in [-0.3, -0.25) is 10.1 Å². The number of nitro benzene ring substituents is 1. The van der Waals surface area contributed by atoms with Gasteiger partial charge in [0.2, 0.25) is 0 Å². The molecule has 0 unspecified atom stereocenters. The number of phenols is 1. The molecule has 0 heterocycles. The molecule has 1 amide bonds. The summed E-state index contributed by atoms with van der Waals surface area (Å²) in [6.07, 6.45) is -0.876. The van der Waals surface area contributed by atoms with Gasteiger partial charge in [-0.1, -0.05) is 6.07 Å². The number of amides is 1. The van der Waals surface area contributed by atoms with Crippen molar-refractivity contribution < 1.29 is 29.1 Å². The van der Waals surface area contributed by atoms with E-state index < -0.39 is 40.1 Å². The Hall–Kier alpha value is -2.84. The van der Waals surface area contributed by atoms with Crippen LogP contribution in [0.2, 0.25) is 0 Å². The van der Waals surface area contributed by atoms with E-state index in [1.807, 2.05) is 0 Å². The maximum absolute atomic E-state index is 11.8. The molecule has 0 aliphatic rings. The summed E-state index contributed by atoms with van der Waals surface area (Å²) in [5, 5.41) is 22.7. The molecule has 1 aromatic carbocycles. The summed E-state index contributed by atoms with van der Waals surface area (Å²) < 4.78 is 9.70. The van der Waals surface area contributed by atoms with Crippen LogP contribution in [0.15, 0.2) is 18.2 Å². The van der Waals surface area contributed by atoms with Gasteiger partial charge in [0.1, 0.15) is 11.6 Å². The lowest BCUT2D eigenvalue weighted by Crippen LogP contribution is -2.45. The van der Waals surface area contributed by atoms with Crippen LogP contribution in [0.1, 0.15) is 26.3 Å². The van der Waals surface area contributed by atoms with Crippen molar-refractivity contribution >= 4 is 17.7 Å². The summed E-state index contributed by atoms with van der Waals surface area (Å²) in [4.78, 5) is 33.8. The lowest BCUT2D eigenvalue weighted by Gasteiger charge is -2.22. The number of alkyl carbamates (subject to hydrolysis) is 1. The predicted octanol–water partition coefficient (Wildman–Crippen LogP) is 1.91. The maximum Gasteiger partial charge on any atom is 0.408 e. The average molecular weight is 340 g/mol. The van der Waals surface area contributed by atoms with E-state index in [1.165, 1.54) is 6.07 Å². The first-order chi connectivity index (χ1) is 11.0. The lowest BCUT2D eigenvalue weighted by molar-refractivity contribution is -0.385. The normalized spacial score (nSPS) is 12.2. The number of hydrogen-bond donors (Lipinski definition) is 2. The molecule has 1 rings (SSSR count). The lowest BCUT2D eigenvalue weighted by atomic mass is 10.0. The number of nitrogens with one attached hydrogen (secondary N) is 1. The highest BCUT2D eigenvalue weighted by molar-refractivity contribution is 5.81. The topological polar surface area (TPSA) is 128 Å². The van der Waals surface area contributed by atoms with Gasteiger partial charge in [0.15, 0.2) is 5.75 Å². The van der Waals surface area contributed by atoms with Gasteiger partial charge in [0.05, 0.1) is 12.0 Å². The second-order valence-corrected chi connectivity index (χ2v) is 6.01. The van der Waals surface area contributed by atoms with E-state index >= 15 is 0 Å². The standard InChI is InChI=1S/C15H20N2O7/c1-15(2,3)24-14(20)16-10(13(19)23-4)7-9-5-6-12(18)11(8-9)17(21)22/h5-6,8,10,18H,7H2,1-4H3,(H,16,20)/t10-/m1/s1. The molecule has 0 fully saturated rings. The van der Waals surface area contributed by atoms with Crippen molar-refractivity contribution in [2.24, 2.45) is 0 Å². The number of ether oxygens (including phenoxy) is 2. The predicted molar refractivity (Wildman–Crippen MR) is 83.6 cm³/mol. The van der Waals surface area contributed by atoms with Crippen molar-refractivity contribution in [3.8, 4) is 5.75 Å². The van der Waals surface area contributed by atoms with Crippen LogP contribution in [0.3, 0.4) is 0 Å². The zero-order valence-electron chi connectivity index (χ0n) is 13.9. The Bertz CT molecular complexity index is 637. The summed E-state index contributed by atoms with van der Waals surface area (Å²) >= 11 is 0. The number of nitro groups is 1. The second-order valence-electron chi connectivity index (χ2n) is 6.01. The Morgan fingerprint density at radius 3 is 2.50 bits per heavy atom. The van der Waals surface area contributed by atoms with Gasteiger partial charge in [-0.15, -0.1) is 0 Å². The van der Waals surface area contributed by atoms with Crippen LogP contribution in [0.4, 0.5) is 10.5 Å². The third-order valence-electron chi connectivity index (χ3n) is 2.85. The molecule has 24 heavy (non-hydrogen) atoms. The molecule has 132 valence electrons. The van der Waals surface area contributed by atoms with Crippen LogP contribution in [0.25, 0.3) is 0 Å². The van der Waals surface area contributed by atoms with Gasteiger partial charge in [-0.05, 0) is 32.4 Å². The summed E-state index contributed by atoms with van der Waals surface area (Å²) in [5.74, 6) is -1.21. The Balaban J connectivity index is 2.95. The molecule has 0 aromatic heterocycles. The van der Waals surface area contributed by atoms with Gasteiger partial charge in [0, 0.05) is 12.5 Å². The molecule has 0 saturated heterocycles. The monoisotopic (exact) mass is 340 g/mol. The van der Waals surface area contributed by atoms with Crippen LogP contribution >= 0.6 is 0 Å². The summed E-state index contributed by atoms with van der Waals surface area (Å²) in [6.45, 7) is 5.01. The molecule has 2 N–H and O–H groups in total. The maximum atomic E-state index is 11.8. The summed E-state index contributed by atoms with van der Waals surface area (Å²) in [7, 11) is 1.16. The van der Waals surface area contributed by atoms with Crippen LogP contribution in [0, 0.1) is 10.1 Å². The molecule has 0 radical (unpaired) electrons. The van der Waals surface area contributed by atoms with E-state index in [1.54, 1.807) is 20.8 Å². The van der Waals surface area contributed by atoms with Crippen molar-refractivity contribution in [3.05, 3.63) is 33.9 Å². The van der Waals surface area contributed by atoms with Crippen molar-refractivity contribution in [2.45, 2.75) is 38.8 Å². The number of nitrogens with zero attached hydrogens (tertiary/aromatic N) is 1. The largest absolute Gasteiger partial charge is 0.502 e. The van der Waals surface area contributed by atoms with Gasteiger partial charge in [-0.2, -0.15) is 0 Å². The smallest absolute Gasteiger partial charge is 0.408 e. The molecular formula is C15H20N2O7. The molecule has 1 aromatic rings. The third-order valence-corrected chi connectivity index (χ3v) is 2.85. The number of methoxy groups -OCH3 is 1. The summed E-state index contributed by atoms with van der Waals surface area (Å²) in [6, 6.07) is 2.60. The Morgan fingerprint density at radius 1 is 1.38 bits per heavy atom. The van der Waals surface area contributed by atoms with E-state index in [9.17, 15) is 24.8 Å². The van der Waals surface area contributed by atoms with Gasteiger partial charge >= 0.3 is 17.7 Å². The molecule has 0 saturated carbocycles. The van der Waals surface area contributed by atoms with Gasteiger partial charge < -0.3 is 19.9 Å². The minimum Gasteiger partial charge on any atom is -0.502 e. The van der Waals surface area contributed by atoms with Crippen LogP contribution in [-0.2, 0) is 20.7 Å². The fourth-order valence-corrected chi connectivity index (χ4v) is 1.86. The fourth-order valence-electron chi connectivity index (χ4n) is 1.86. The van der Waals surface area contributed by atoms with Crippen LogP contribution in [0.5, 0.6) is 5.75 Å². The number of esters is 1. The van der Waals surface area contributed by atoms with Gasteiger partial charge in [0.25, 0.3) is 0 Å². The van der Waals surface area contributed by atoms with E-state index in [4.69, 9.17) is 4.74 Å². The van der Waals surface area contributed by atoms with Crippen molar-refractivity contribution in [1.82, 2.24) is 5.32 Å². The molecule has 9 heteroatoms. The number of hydrogen-bond acceptors (Lipinski definition) is 7. The van der Waals surface area contributed by atoms with Crippen molar-refractivity contribution in [1.29, 1.82) is 0 Å². The highest BCUT2D eigenvalue weighted by atomic mass is 16.6. The van der Waals surface area contributed by atoms with Crippen molar-refractivity contribution in [3.63, 3.8) is 0 Å². The molecule has 0 spiro atoms. The number of aromatic hydroxyl groups is 1. The zero-order chi connectivity index (χ0) is 18.5. The number of rotatable bonds is 5. The Kier molecular flexibility index (Phi) is 6.10. The first-order valence-corrected chi connectivity index (χ1v) is 7.07. The minimum absolute atomic E-state index is 0.0625. The summed E-state index contributed by atoms with van der Waals surface area (Å²) in [5.41, 5.74) is -0.874. The Labute approximate surface area is 138 Å². The SMILES string of the molecule is COC(=O)[C@@H](Cc1ccc(O)c([N+](=O)[O-])c1)NC(=O)OC(C)(C)C. The van der Waals surface area contributed by atoms with Gasteiger partial charge in [-0.25, -0.2) is 9.59 Å². The van der Waals surface area contributed by atoms with E-state index in [-0.39, 0.29) is 6.42 Å². The molecule has 0 aliphatic carbocycles. The number of phenolic OH excluding ortho intramolecular Hbond substituents is 1. The number of carbonyl (C=O) groups excluding carboxylic acids is 2. The van der Waals surface area contributed by atoms with E-state index in [0.717, 1.165) is 19.2 Å². The quantitative estimate of drug-likeness (QED) is 0.476. The highest BCUT2D eigenvalue weighted by Gasteiger charge is 2.26. The number of benzene rings is 1. The van der Waals surface area contributed by atoms with E-state index in [2.05, 4.69) is 10.1 Å². The molecule has 0 bridgehead atoms. The first-order valence-electron chi connectivity index (χ1n) is 7.07. The van der Waals surface area contributed by atoms with Crippen LogP contribution in [-0.4, -0.2) is 40.8 Å². The van der Waals surface area contributed by atoms with Crippen molar-refractivity contribution in [2.75, 3.05) is 7.11 Å². The minimum atomic E-state index is -1.09. The number of carbonyl (C=O) groups is 2. The highest BCUT2D eigenvalue weighted by Crippen LogP contribution is 2.26. The molecule has 1 atom stereocenters. The third kappa shape index (κ3) is 5.75.